The zero-order valence-corrected chi connectivity index (χ0v) is 17.9. The van der Waals surface area contributed by atoms with E-state index in [1.165, 1.54) is 31.0 Å². The first kappa shape index (κ1) is 21.4. The van der Waals surface area contributed by atoms with E-state index in [4.69, 9.17) is 4.98 Å². The SMILES string of the molecule is CCNC(=O)[C@@H](C)NC(=O)CSc1nc(C2CCCCC2)n(-c2ccccc2)n1. The van der Waals surface area contributed by atoms with Crippen molar-refractivity contribution in [1.82, 2.24) is 25.4 Å². The highest BCUT2D eigenvalue weighted by Gasteiger charge is 2.24. The Morgan fingerprint density at radius 2 is 1.93 bits per heavy atom. The number of carbonyl (C=O) groups excluding carboxylic acids is 2. The Balaban J connectivity index is 1.69. The molecule has 8 heteroatoms. The fourth-order valence-electron chi connectivity index (χ4n) is 3.56. The summed E-state index contributed by atoms with van der Waals surface area (Å²) in [7, 11) is 0. The molecule has 1 saturated carbocycles. The smallest absolute Gasteiger partial charge is 0.242 e. The van der Waals surface area contributed by atoms with Gasteiger partial charge >= 0.3 is 0 Å². The molecule has 2 aromatic rings. The number of hydrogen-bond acceptors (Lipinski definition) is 5. The molecule has 1 heterocycles. The third-order valence-corrected chi connectivity index (χ3v) is 5.88. The molecule has 1 aromatic carbocycles. The Labute approximate surface area is 176 Å². The predicted molar refractivity (Wildman–Crippen MR) is 114 cm³/mol. The Morgan fingerprint density at radius 3 is 2.62 bits per heavy atom. The van der Waals surface area contributed by atoms with Crippen molar-refractivity contribution >= 4 is 23.6 Å². The molecule has 29 heavy (non-hydrogen) atoms. The molecular formula is C21H29N5O2S. The van der Waals surface area contributed by atoms with Gasteiger partial charge in [-0.3, -0.25) is 9.59 Å². The van der Waals surface area contributed by atoms with Gasteiger partial charge in [0.1, 0.15) is 11.9 Å². The number of likely N-dealkylation sites (N-methyl/N-ethyl adjacent to an activating group) is 1. The van der Waals surface area contributed by atoms with Gasteiger partial charge in [0.15, 0.2) is 0 Å². The van der Waals surface area contributed by atoms with Crippen molar-refractivity contribution in [3.8, 4) is 5.69 Å². The van der Waals surface area contributed by atoms with Crippen LogP contribution in [0.25, 0.3) is 5.69 Å². The number of hydrogen-bond donors (Lipinski definition) is 2. The van der Waals surface area contributed by atoms with Crippen LogP contribution in [0.2, 0.25) is 0 Å². The number of nitrogens with zero attached hydrogens (tertiary/aromatic N) is 3. The fraction of sp³-hybridized carbons (Fsp3) is 0.524. The van der Waals surface area contributed by atoms with Crippen LogP contribution < -0.4 is 10.6 Å². The molecule has 1 aliphatic carbocycles. The first-order valence-electron chi connectivity index (χ1n) is 10.3. The minimum atomic E-state index is -0.560. The van der Waals surface area contributed by atoms with Crippen molar-refractivity contribution in [1.29, 1.82) is 0 Å². The van der Waals surface area contributed by atoms with Crippen molar-refractivity contribution in [2.75, 3.05) is 12.3 Å². The highest BCUT2D eigenvalue weighted by atomic mass is 32.2. The van der Waals surface area contributed by atoms with E-state index in [9.17, 15) is 9.59 Å². The molecule has 7 nitrogen and oxygen atoms in total. The molecule has 1 aromatic heterocycles. The molecule has 2 amide bonds. The van der Waals surface area contributed by atoms with Crippen molar-refractivity contribution in [3.05, 3.63) is 36.2 Å². The highest BCUT2D eigenvalue weighted by Crippen LogP contribution is 2.33. The normalized spacial score (nSPS) is 15.7. The van der Waals surface area contributed by atoms with Gasteiger partial charge in [0.25, 0.3) is 0 Å². The van der Waals surface area contributed by atoms with Crippen molar-refractivity contribution in [3.63, 3.8) is 0 Å². The summed E-state index contributed by atoms with van der Waals surface area (Å²) in [6.07, 6.45) is 5.96. The van der Waals surface area contributed by atoms with Crippen LogP contribution in [0.3, 0.4) is 0 Å². The number of thioether (sulfide) groups is 1. The first-order chi connectivity index (χ1) is 14.1. The molecule has 156 valence electrons. The molecule has 0 unspecified atom stereocenters. The largest absolute Gasteiger partial charge is 0.355 e. The zero-order valence-electron chi connectivity index (χ0n) is 17.1. The predicted octanol–water partition coefficient (Wildman–Crippen LogP) is 3.05. The topological polar surface area (TPSA) is 88.9 Å². The van der Waals surface area contributed by atoms with E-state index >= 15 is 0 Å². The van der Waals surface area contributed by atoms with E-state index in [1.807, 2.05) is 41.9 Å². The standard InChI is InChI=1S/C21H29N5O2S/c1-3-22-20(28)15(2)23-18(27)14-29-21-24-19(16-10-6-4-7-11-16)26(25-21)17-12-8-5-9-13-17/h5,8-9,12-13,15-16H,3-4,6-7,10-11,14H2,1-2H3,(H,22,28)(H,23,27)/t15-/m1/s1. The van der Waals surface area contributed by atoms with Crippen LogP contribution in [0.15, 0.2) is 35.5 Å². The summed E-state index contributed by atoms with van der Waals surface area (Å²) in [6, 6.07) is 9.45. The fourth-order valence-corrected chi connectivity index (χ4v) is 4.20. The average molecular weight is 416 g/mol. The molecule has 2 N–H and O–H groups in total. The lowest BCUT2D eigenvalue weighted by atomic mass is 9.88. The van der Waals surface area contributed by atoms with Crippen molar-refractivity contribution < 1.29 is 9.59 Å². The van der Waals surface area contributed by atoms with Crippen LogP contribution in [0, 0.1) is 0 Å². The lowest BCUT2D eigenvalue weighted by Crippen LogP contribution is -2.45. The molecule has 1 aliphatic rings. The highest BCUT2D eigenvalue weighted by molar-refractivity contribution is 7.99. The molecule has 0 saturated heterocycles. The van der Waals surface area contributed by atoms with E-state index in [-0.39, 0.29) is 17.6 Å². The van der Waals surface area contributed by atoms with Gasteiger partial charge in [-0.1, -0.05) is 49.2 Å². The Morgan fingerprint density at radius 1 is 1.21 bits per heavy atom. The van der Waals surface area contributed by atoms with Crippen LogP contribution in [-0.4, -0.2) is 44.9 Å². The number of para-hydroxylation sites is 1. The van der Waals surface area contributed by atoms with Gasteiger partial charge in [0, 0.05) is 12.5 Å². The molecular weight excluding hydrogens is 386 g/mol. The second-order valence-electron chi connectivity index (χ2n) is 7.31. The van der Waals surface area contributed by atoms with E-state index in [0.29, 0.717) is 17.6 Å². The summed E-state index contributed by atoms with van der Waals surface area (Å²) in [5.74, 6) is 1.17. The van der Waals surface area contributed by atoms with Gasteiger partial charge < -0.3 is 10.6 Å². The molecule has 1 atom stereocenters. The van der Waals surface area contributed by atoms with Crippen LogP contribution in [0.1, 0.15) is 57.7 Å². The molecule has 0 aliphatic heterocycles. The summed E-state index contributed by atoms with van der Waals surface area (Å²) < 4.78 is 1.92. The van der Waals surface area contributed by atoms with Gasteiger partial charge in [0.2, 0.25) is 17.0 Å². The third kappa shape index (κ3) is 5.82. The summed E-state index contributed by atoms with van der Waals surface area (Å²) >= 11 is 1.30. The van der Waals surface area contributed by atoms with E-state index in [2.05, 4.69) is 15.7 Å². The molecule has 0 spiro atoms. The van der Waals surface area contributed by atoms with Crippen molar-refractivity contribution in [2.45, 2.75) is 63.1 Å². The zero-order chi connectivity index (χ0) is 20.6. The van der Waals surface area contributed by atoms with Gasteiger partial charge in [-0.2, -0.15) is 0 Å². The van der Waals surface area contributed by atoms with Gasteiger partial charge in [0.05, 0.1) is 11.4 Å². The lowest BCUT2D eigenvalue weighted by Gasteiger charge is -2.21. The number of aromatic nitrogens is 3. The van der Waals surface area contributed by atoms with Gasteiger partial charge in [-0.25, -0.2) is 9.67 Å². The van der Waals surface area contributed by atoms with E-state index < -0.39 is 6.04 Å². The third-order valence-electron chi connectivity index (χ3n) is 5.04. The summed E-state index contributed by atoms with van der Waals surface area (Å²) in [4.78, 5) is 28.8. The van der Waals surface area contributed by atoms with Crippen LogP contribution in [-0.2, 0) is 9.59 Å². The minimum absolute atomic E-state index is 0.173. The average Bonchev–Trinajstić information content (AvgIpc) is 3.18. The minimum Gasteiger partial charge on any atom is -0.355 e. The number of amides is 2. The maximum atomic E-state index is 12.2. The number of carbonyl (C=O) groups is 2. The number of nitrogens with one attached hydrogen (secondary N) is 2. The number of rotatable bonds is 8. The maximum Gasteiger partial charge on any atom is 0.242 e. The monoisotopic (exact) mass is 415 g/mol. The Kier molecular flexibility index (Phi) is 7.69. The quantitative estimate of drug-likeness (QED) is 0.647. The summed E-state index contributed by atoms with van der Waals surface area (Å²) in [5, 5.41) is 10.7. The van der Waals surface area contributed by atoms with Crippen molar-refractivity contribution in [2.24, 2.45) is 0 Å². The number of benzene rings is 1. The van der Waals surface area contributed by atoms with E-state index in [1.54, 1.807) is 6.92 Å². The van der Waals surface area contributed by atoms with Crippen LogP contribution in [0.5, 0.6) is 0 Å². The summed E-state index contributed by atoms with van der Waals surface area (Å²) in [6.45, 7) is 4.07. The Hall–Kier alpha value is -2.35. The second-order valence-corrected chi connectivity index (χ2v) is 8.25. The first-order valence-corrected chi connectivity index (χ1v) is 11.3. The van der Waals surface area contributed by atoms with Crippen LogP contribution in [0.4, 0.5) is 0 Å². The van der Waals surface area contributed by atoms with E-state index in [0.717, 1.165) is 24.4 Å². The molecule has 3 rings (SSSR count). The molecule has 0 radical (unpaired) electrons. The van der Waals surface area contributed by atoms with Gasteiger partial charge in [-0.15, -0.1) is 5.10 Å². The molecule has 1 fully saturated rings. The van der Waals surface area contributed by atoms with Gasteiger partial charge in [-0.05, 0) is 38.8 Å². The van der Waals surface area contributed by atoms with Crippen LogP contribution >= 0.6 is 11.8 Å². The second kappa shape index (κ2) is 10.4. The summed E-state index contributed by atoms with van der Waals surface area (Å²) in [5.41, 5.74) is 0.988. The lowest BCUT2D eigenvalue weighted by molar-refractivity contribution is -0.127. The maximum absolute atomic E-state index is 12.2. The molecule has 0 bridgehead atoms. The Bertz CT molecular complexity index is 818.